The van der Waals surface area contributed by atoms with E-state index in [2.05, 4.69) is 16.7 Å². The lowest BCUT2D eigenvalue weighted by atomic mass is 10.2. The molecule has 0 aromatic rings. The number of unbranched alkanes of at least 4 members (excludes halogenated alkanes) is 3. The van der Waals surface area contributed by atoms with Crippen LogP contribution in [0.5, 0.6) is 0 Å². The van der Waals surface area contributed by atoms with E-state index in [1.54, 1.807) is 0 Å². The Kier molecular flexibility index (Phi) is 8.78. The average molecular weight is 154 g/mol. The first-order valence-electron chi connectivity index (χ1n) is 4.28. The van der Waals surface area contributed by atoms with Gasteiger partial charge in [0.25, 0.3) is 0 Å². The average Bonchev–Trinajstić information content (AvgIpc) is 2.03. The highest BCUT2D eigenvalue weighted by Crippen LogP contribution is 1.99. The van der Waals surface area contributed by atoms with Crippen molar-refractivity contribution in [3.05, 3.63) is 0 Å². The summed E-state index contributed by atoms with van der Waals surface area (Å²) in [4.78, 5) is 7.92. The van der Waals surface area contributed by atoms with Gasteiger partial charge in [-0.3, -0.25) is 4.99 Å². The van der Waals surface area contributed by atoms with E-state index < -0.39 is 0 Å². The summed E-state index contributed by atoms with van der Waals surface area (Å²) in [6, 6.07) is 0. The first-order chi connectivity index (χ1) is 5.41. The van der Waals surface area contributed by atoms with Crippen LogP contribution in [0, 0.1) is 0 Å². The van der Waals surface area contributed by atoms with Gasteiger partial charge in [-0.1, -0.05) is 12.8 Å². The molecule has 0 bridgehead atoms. The van der Waals surface area contributed by atoms with Gasteiger partial charge in [0, 0.05) is 13.1 Å². The molecule has 2 heteroatoms. The molecular formula is C9H18N2. The van der Waals surface area contributed by atoms with Crippen LogP contribution in [0.3, 0.4) is 0 Å². The van der Waals surface area contributed by atoms with E-state index in [0.717, 1.165) is 13.1 Å². The first kappa shape index (κ1) is 10.3. The Hall–Kier alpha value is -0.660. The van der Waals surface area contributed by atoms with Crippen LogP contribution in [0.4, 0.5) is 0 Å². The molecular weight excluding hydrogens is 136 g/mol. The smallest absolute Gasteiger partial charge is 0.0385 e. The molecule has 0 atom stereocenters. The molecule has 0 aliphatic heterocycles. The van der Waals surface area contributed by atoms with Crippen molar-refractivity contribution in [2.45, 2.75) is 32.6 Å². The SMILES string of the molecule is C=NCCCCCCN=CC. The summed E-state index contributed by atoms with van der Waals surface area (Å²) in [5.41, 5.74) is 0. The second kappa shape index (κ2) is 9.34. The van der Waals surface area contributed by atoms with Gasteiger partial charge >= 0.3 is 0 Å². The van der Waals surface area contributed by atoms with E-state index in [1.165, 1.54) is 25.7 Å². The van der Waals surface area contributed by atoms with E-state index in [0.29, 0.717) is 0 Å². The third kappa shape index (κ3) is 9.34. The maximum Gasteiger partial charge on any atom is 0.0385 e. The fourth-order valence-corrected chi connectivity index (χ4v) is 0.909. The van der Waals surface area contributed by atoms with Crippen LogP contribution >= 0.6 is 0 Å². The molecule has 0 radical (unpaired) electrons. The van der Waals surface area contributed by atoms with E-state index in [-0.39, 0.29) is 0 Å². The molecule has 64 valence electrons. The van der Waals surface area contributed by atoms with Crippen LogP contribution in [-0.4, -0.2) is 26.0 Å². The number of hydrogen-bond donors (Lipinski definition) is 0. The molecule has 0 amide bonds. The van der Waals surface area contributed by atoms with Crippen molar-refractivity contribution in [1.29, 1.82) is 0 Å². The van der Waals surface area contributed by atoms with Gasteiger partial charge in [-0.2, -0.15) is 0 Å². The highest BCUT2D eigenvalue weighted by Gasteiger charge is 1.86. The summed E-state index contributed by atoms with van der Waals surface area (Å²) < 4.78 is 0. The largest absolute Gasteiger partial charge is 0.301 e. The highest BCUT2D eigenvalue weighted by atomic mass is 14.7. The Morgan fingerprint density at radius 2 is 1.73 bits per heavy atom. The highest BCUT2D eigenvalue weighted by molar-refractivity contribution is 5.53. The van der Waals surface area contributed by atoms with Crippen LogP contribution in [0.1, 0.15) is 32.6 Å². The molecule has 0 aromatic carbocycles. The molecule has 0 saturated heterocycles. The number of nitrogens with zero attached hydrogens (tertiary/aromatic N) is 2. The fraction of sp³-hybridized carbons (Fsp3) is 0.778. The van der Waals surface area contributed by atoms with Crippen molar-refractivity contribution in [2.24, 2.45) is 9.98 Å². The van der Waals surface area contributed by atoms with Crippen LogP contribution in [-0.2, 0) is 0 Å². The maximum absolute atomic E-state index is 4.13. The van der Waals surface area contributed by atoms with Gasteiger partial charge in [0.2, 0.25) is 0 Å². The molecule has 2 nitrogen and oxygen atoms in total. The topological polar surface area (TPSA) is 24.7 Å². The predicted molar refractivity (Wildman–Crippen MR) is 51.9 cm³/mol. The molecule has 0 rings (SSSR count). The summed E-state index contributed by atoms with van der Waals surface area (Å²) >= 11 is 0. The second-order valence-corrected chi connectivity index (χ2v) is 2.53. The van der Waals surface area contributed by atoms with Gasteiger partial charge in [0.1, 0.15) is 0 Å². The van der Waals surface area contributed by atoms with Gasteiger partial charge < -0.3 is 4.99 Å². The van der Waals surface area contributed by atoms with Crippen LogP contribution in [0.15, 0.2) is 9.98 Å². The third-order valence-corrected chi connectivity index (χ3v) is 1.54. The Labute approximate surface area is 69.4 Å². The zero-order valence-corrected chi connectivity index (χ0v) is 7.42. The number of rotatable bonds is 7. The molecule has 0 heterocycles. The second-order valence-electron chi connectivity index (χ2n) is 2.53. The molecule has 0 saturated carbocycles. The third-order valence-electron chi connectivity index (χ3n) is 1.54. The summed E-state index contributed by atoms with van der Waals surface area (Å²) in [5.74, 6) is 0. The van der Waals surface area contributed by atoms with E-state index in [9.17, 15) is 0 Å². The standard InChI is InChI=1S/C9H18N2/c1-3-11-9-7-5-4-6-8-10-2/h3H,2,4-9H2,1H3. The van der Waals surface area contributed by atoms with Crippen LogP contribution in [0.25, 0.3) is 0 Å². The Bertz CT molecular complexity index is 108. The summed E-state index contributed by atoms with van der Waals surface area (Å²) in [5, 5.41) is 0. The first-order valence-corrected chi connectivity index (χ1v) is 4.28. The maximum atomic E-state index is 4.13. The quantitative estimate of drug-likeness (QED) is 0.397. The van der Waals surface area contributed by atoms with E-state index in [4.69, 9.17) is 0 Å². The molecule has 11 heavy (non-hydrogen) atoms. The molecule has 0 N–H and O–H groups in total. The van der Waals surface area contributed by atoms with Gasteiger partial charge in [0.15, 0.2) is 0 Å². The normalized spacial score (nSPS) is 10.6. The van der Waals surface area contributed by atoms with Crippen LogP contribution in [0.2, 0.25) is 0 Å². The Morgan fingerprint density at radius 1 is 1.09 bits per heavy atom. The number of hydrogen-bond acceptors (Lipinski definition) is 2. The lowest BCUT2D eigenvalue weighted by molar-refractivity contribution is 0.655. The zero-order chi connectivity index (χ0) is 8.36. The van der Waals surface area contributed by atoms with Crippen molar-refractivity contribution < 1.29 is 0 Å². The van der Waals surface area contributed by atoms with Crippen molar-refractivity contribution in [1.82, 2.24) is 0 Å². The minimum atomic E-state index is 0.914. The zero-order valence-electron chi connectivity index (χ0n) is 7.42. The molecule has 0 spiro atoms. The van der Waals surface area contributed by atoms with Gasteiger partial charge in [-0.05, 0) is 32.7 Å². The minimum Gasteiger partial charge on any atom is -0.301 e. The summed E-state index contributed by atoms with van der Waals surface area (Å²) in [7, 11) is 0. The van der Waals surface area contributed by atoms with Crippen molar-refractivity contribution in [2.75, 3.05) is 13.1 Å². The molecule has 0 aromatic heterocycles. The monoisotopic (exact) mass is 154 g/mol. The molecule has 0 aliphatic rings. The molecule has 0 fully saturated rings. The Balaban J connectivity index is 2.84. The molecule has 0 unspecified atom stereocenters. The van der Waals surface area contributed by atoms with Crippen LogP contribution < -0.4 is 0 Å². The lowest BCUT2D eigenvalue weighted by Crippen LogP contribution is -1.84. The molecule has 0 aliphatic carbocycles. The number of aliphatic imine (C=N–C) groups is 2. The fourth-order valence-electron chi connectivity index (χ4n) is 0.909. The van der Waals surface area contributed by atoms with Crippen molar-refractivity contribution in [3.8, 4) is 0 Å². The van der Waals surface area contributed by atoms with Crippen molar-refractivity contribution in [3.63, 3.8) is 0 Å². The Morgan fingerprint density at radius 3 is 2.27 bits per heavy atom. The van der Waals surface area contributed by atoms with Gasteiger partial charge in [-0.15, -0.1) is 0 Å². The summed E-state index contributed by atoms with van der Waals surface area (Å²) in [6.45, 7) is 7.29. The van der Waals surface area contributed by atoms with Gasteiger partial charge in [0.05, 0.1) is 0 Å². The van der Waals surface area contributed by atoms with Crippen molar-refractivity contribution >= 4 is 12.9 Å². The van der Waals surface area contributed by atoms with E-state index in [1.807, 2.05) is 13.1 Å². The minimum absolute atomic E-state index is 0.914. The van der Waals surface area contributed by atoms with E-state index >= 15 is 0 Å². The predicted octanol–water partition coefficient (Wildman–Crippen LogP) is 2.34. The van der Waals surface area contributed by atoms with Gasteiger partial charge in [-0.25, -0.2) is 0 Å². The lowest BCUT2D eigenvalue weighted by Gasteiger charge is -1.95. The summed E-state index contributed by atoms with van der Waals surface area (Å²) in [6.07, 6.45) is 6.79.